The lowest BCUT2D eigenvalue weighted by Gasteiger charge is -2.41. The summed E-state index contributed by atoms with van der Waals surface area (Å²) in [6.07, 6.45) is 3.88. The molecule has 0 unspecified atom stereocenters. The standard InChI is InChI=1S/C18H31NO6S/c1-17(2,3)25-16(21)18(8-13-24-14-9-18)26(22,23)19-10-6-15(7-11-19)5-4-12-20/h12,15H,4-11,13-14H2,1-3H3. The second kappa shape index (κ2) is 8.35. The number of hydrogen-bond donors (Lipinski definition) is 0. The first-order valence-corrected chi connectivity index (χ1v) is 10.8. The van der Waals surface area contributed by atoms with E-state index in [1.165, 1.54) is 4.31 Å². The van der Waals surface area contributed by atoms with Crippen LogP contribution in [0.15, 0.2) is 0 Å². The molecule has 0 atom stereocenters. The molecule has 0 saturated carbocycles. The molecule has 0 aromatic heterocycles. The number of piperidine rings is 1. The molecule has 150 valence electrons. The normalized spacial score (nSPS) is 22.7. The minimum absolute atomic E-state index is 0.120. The molecule has 0 amide bonds. The molecule has 0 aromatic carbocycles. The number of carbonyl (C=O) groups excluding carboxylic acids is 2. The molecule has 8 heteroatoms. The Morgan fingerprint density at radius 2 is 1.81 bits per heavy atom. The lowest BCUT2D eigenvalue weighted by Crippen LogP contribution is -2.59. The average Bonchev–Trinajstić information content (AvgIpc) is 2.59. The molecule has 0 spiro atoms. The number of esters is 1. The minimum atomic E-state index is -3.85. The van der Waals surface area contributed by atoms with Gasteiger partial charge >= 0.3 is 5.97 Å². The summed E-state index contributed by atoms with van der Waals surface area (Å²) in [6, 6.07) is 0. The van der Waals surface area contributed by atoms with Crippen LogP contribution in [-0.2, 0) is 29.1 Å². The van der Waals surface area contributed by atoms with Gasteiger partial charge in [-0.05, 0) is 46.0 Å². The van der Waals surface area contributed by atoms with Gasteiger partial charge in [0.15, 0.2) is 4.75 Å². The van der Waals surface area contributed by atoms with Crippen LogP contribution in [0.2, 0.25) is 0 Å². The van der Waals surface area contributed by atoms with Crippen molar-refractivity contribution >= 4 is 22.3 Å². The molecule has 0 aromatic rings. The summed E-state index contributed by atoms with van der Waals surface area (Å²) >= 11 is 0. The van der Waals surface area contributed by atoms with Gasteiger partial charge in [0.2, 0.25) is 10.0 Å². The Hall–Kier alpha value is -0.990. The summed E-state index contributed by atoms with van der Waals surface area (Å²) in [5, 5.41) is 0. The quantitative estimate of drug-likeness (QED) is 0.509. The highest BCUT2D eigenvalue weighted by Gasteiger charge is 2.56. The van der Waals surface area contributed by atoms with Crippen molar-refractivity contribution in [1.29, 1.82) is 0 Å². The summed E-state index contributed by atoms with van der Waals surface area (Å²) in [7, 11) is -3.85. The topological polar surface area (TPSA) is 90.0 Å². The maximum Gasteiger partial charge on any atom is 0.329 e. The van der Waals surface area contributed by atoms with Crippen molar-refractivity contribution in [2.45, 2.75) is 69.6 Å². The molecular formula is C18H31NO6S. The molecule has 0 bridgehead atoms. The van der Waals surface area contributed by atoms with E-state index in [-0.39, 0.29) is 26.1 Å². The van der Waals surface area contributed by atoms with Crippen LogP contribution in [0.1, 0.15) is 59.3 Å². The van der Waals surface area contributed by atoms with Crippen LogP contribution < -0.4 is 0 Å². The molecule has 7 nitrogen and oxygen atoms in total. The Balaban J connectivity index is 2.19. The number of carbonyl (C=O) groups is 2. The van der Waals surface area contributed by atoms with Crippen molar-refractivity contribution in [1.82, 2.24) is 4.31 Å². The molecule has 0 N–H and O–H groups in total. The molecule has 2 rings (SSSR count). The van der Waals surface area contributed by atoms with Crippen molar-refractivity contribution in [3.8, 4) is 0 Å². The summed E-state index contributed by atoms with van der Waals surface area (Å²) in [4.78, 5) is 23.4. The zero-order valence-electron chi connectivity index (χ0n) is 16.0. The van der Waals surface area contributed by atoms with Crippen molar-refractivity contribution in [2.24, 2.45) is 5.92 Å². The van der Waals surface area contributed by atoms with Crippen LogP contribution in [-0.4, -0.2) is 61.6 Å². The fourth-order valence-electron chi connectivity index (χ4n) is 3.63. The fourth-order valence-corrected chi connectivity index (χ4v) is 5.75. The van der Waals surface area contributed by atoms with Crippen LogP contribution in [0, 0.1) is 5.92 Å². The highest BCUT2D eigenvalue weighted by atomic mass is 32.2. The van der Waals surface area contributed by atoms with E-state index in [4.69, 9.17) is 9.47 Å². The number of nitrogens with zero attached hydrogens (tertiary/aromatic N) is 1. The number of ether oxygens (including phenoxy) is 2. The zero-order valence-corrected chi connectivity index (χ0v) is 16.8. The monoisotopic (exact) mass is 389 g/mol. The highest BCUT2D eigenvalue weighted by Crippen LogP contribution is 2.37. The maximum atomic E-state index is 13.4. The Morgan fingerprint density at radius 3 is 2.31 bits per heavy atom. The second-order valence-corrected chi connectivity index (χ2v) is 10.4. The molecule has 0 radical (unpaired) electrons. The lowest BCUT2D eigenvalue weighted by atomic mass is 9.93. The fraction of sp³-hybridized carbons (Fsp3) is 0.889. The smallest absolute Gasteiger partial charge is 0.329 e. The van der Waals surface area contributed by atoms with Gasteiger partial charge in [-0.3, -0.25) is 4.79 Å². The first-order chi connectivity index (χ1) is 12.1. The van der Waals surface area contributed by atoms with Gasteiger partial charge in [0.25, 0.3) is 0 Å². The van der Waals surface area contributed by atoms with Crippen molar-refractivity contribution < 1.29 is 27.5 Å². The van der Waals surface area contributed by atoms with Crippen LogP contribution in [0.4, 0.5) is 0 Å². The van der Waals surface area contributed by atoms with E-state index in [2.05, 4.69) is 0 Å². The van der Waals surface area contributed by atoms with Gasteiger partial charge in [0.05, 0.1) is 0 Å². The zero-order chi connectivity index (χ0) is 19.4. The van der Waals surface area contributed by atoms with Gasteiger partial charge in [0, 0.05) is 45.6 Å². The molecule has 26 heavy (non-hydrogen) atoms. The summed E-state index contributed by atoms with van der Waals surface area (Å²) < 4.78 is 37.5. The van der Waals surface area contributed by atoms with Crippen molar-refractivity contribution in [3.63, 3.8) is 0 Å². The molecule has 2 aliphatic heterocycles. The van der Waals surface area contributed by atoms with E-state index < -0.39 is 26.3 Å². The first-order valence-electron chi connectivity index (χ1n) is 9.37. The molecule has 2 fully saturated rings. The van der Waals surface area contributed by atoms with Crippen molar-refractivity contribution in [2.75, 3.05) is 26.3 Å². The highest BCUT2D eigenvalue weighted by molar-refractivity contribution is 7.91. The third-order valence-corrected chi connectivity index (χ3v) is 7.78. The van der Waals surface area contributed by atoms with Gasteiger partial charge in [-0.15, -0.1) is 0 Å². The van der Waals surface area contributed by atoms with Gasteiger partial charge < -0.3 is 14.3 Å². The average molecular weight is 390 g/mol. The van der Waals surface area contributed by atoms with Crippen molar-refractivity contribution in [3.05, 3.63) is 0 Å². The number of aldehydes is 1. The summed E-state index contributed by atoms with van der Waals surface area (Å²) in [5.74, 6) is -0.310. The Morgan fingerprint density at radius 1 is 1.23 bits per heavy atom. The lowest BCUT2D eigenvalue weighted by molar-refractivity contribution is -0.161. The molecule has 0 aliphatic carbocycles. The third kappa shape index (κ3) is 4.64. The largest absolute Gasteiger partial charge is 0.459 e. The Kier molecular flexibility index (Phi) is 6.85. The van der Waals surface area contributed by atoms with Gasteiger partial charge in [-0.25, -0.2) is 12.7 Å². The predicted octanol–water partition coefficient (Wildman–Crippen LogP) is 1.90. The minimum Gasteiger partial charge on any atom is -0.459 e. The van der Waals surface area contributed by atoms with Crippen LogP contribution >= 0.6 is 0 Å². The molecular weight excluding hydrogens is 358 g/mol. The van der Waals surface area contributed by atoms with Crippen LogP contribution in [0.25, 0.3) is 0 Å². The van der Waals surface area contributed by atoms with E-state index in [0.717, 1.165) is 12.7 Å². The van der Waals surface area contributed by atoms with Crippen LogP contribution in [0.5, 0.6) is 0 Å². The van der Waals surface area contributed by atoms with E-state index >= 15 is 0 Å². The number of rotatable bonds is 6. The van der Waals surface area contributed by atoms with Gasteiger partial charge in [0.1, 0.15) is 11.9 Å². The first kappa shape index (κ1) is 21.3. The van der Waals surface area contributed by atoms with E-state index in [1.807, 2.05) is 0 Å². The predicted molar refractivity (Wildman–Crippen MR) is 97.1 cm³/mol. The van der Waals surface area contributed by atoms with Crippen LogP contribution in [0.3, 0.4) is 0 Å². The summed E-state index contributed by atoms with van der Waals surface area (Å²) in [6.45, 7) is 6.45. The van der Waals surface area contributed by atoms with E-state index in [9.17, 15) is 18.0 Å². The summed E-state index contributed by atoms with van der Waals surface area (Å²) in [5.41, 5.74) is -0.750. The molecule has 2 aliphatic rings. The van der Waals surface area contributed by atoms with E-state index in [0.29, 0.717) is 38.3 Å². The van der Waals surface area contributed by atoms with E-state index in [1.54, 1.807) is 20.8 Å². The van der Waals surface area contributed by atoms with Gasteiger partial charge in [-0.2, -0.15) is 0 Å². The maximum absolute atomic E-state index is 13.4. The Bertz CT molecular complexity index is 596. The third-order valence-electron chi connectivity index (χ3n) is 5.17. The Labute approximate surface area is 156 Å². The number of sulfonamides is 1. The molecule has 2 heterocycles. The SMILES string of the molecule is CC(C)(C)OC(=O)C1(S(=O)(=O)N2CCC(CCC=O)CC2)CCOCC1. The second-order valence-electron chi connectivity index (χ2n) is 8.20. The number of hydrogen-bond acceptors (Lipinski definition) is 6. The van der Waals surface area contributed by atoms with Gasteiger partial charge in [-0.1, -0.05) is 0 Å². The molecule has 2 saturated heterocycles.